The second kappa shape index (κ2) is 28.6. The number of unbranched alkanes of at least 4 members (excludes halogenated alkanes) is 18. The molecule has 6 heteroatoms. The number of thioether (sulfide) groups is 2. The zero-order valence-electron chi connectivity index (χ0n) is 29.7. The molecule has 2 fully saturated rings. The average molecular weight is 669 g/mol. The largest absolute Gasteiger partial charge is 0.466 e. The van der Waals surface area contributed by atoms with Crippen molar-refractivity contribution in [3.63, 3.8) is 0 Å². The molecule has 4 nitrogen and oxygen atoms in total. The molecule has 0 aliphatic carbocycles. The minimum atomic E-state index is -0.109. The van der Waals surface area contributed by atoms with Crippen LogP contribution in [0.3, 0.4) is 0 Å². The Bertz CT molecular complexity index is 659. The fourth-order valence-electron chi connectivity index (χ4n) is 6.49. The molecular weight excluding hydrogens is 597 g/mol. The van der Waals surface area contributed by atoms with Gasteiger partial charge in [0.15, 0.2) is 0 Å². The number of esters is 2. The third-order valence-electron chi connectivity index (χ3n) is 9.61. The minimum absolute atomic E-state index is 0.109. The van der Waals surface area contributed by atoms with E-state index in [0.717, 1.165) is 46.7 Å². The molecule has 0 aromatic carbocycles. The number of ether oxygens (including phenoxy) is 2. The van der Waals surface area contributed by atoms with E-state index in [4.69, 9.17) is 9.47 Å². The van der Waals surface area contributed by atoms with Crippen LogP contribution in [0.5, 0.6) is 0 Å². The fraction of sp³-hybridized carbons (Fsp3) is 0.949. The molecule has 0 aromatic heterocycles. The molecule has 0 aromatic rings. The summed E-state index contributed by atoms with van der Waals surface area (Å²) < 4.78 is 10.7. The predicted octanol–water partition coefficient (Wildman–Crippen LogP) is 12.4. The van der Waals surface area contributed by atoms with Gasteiger partial charge in [-0.3, -0.25) is 9.59 Å². The Morgan fingerprint density at radius 1 is 0.400 bits per heavy atom. The number of rotatable bonds is 34. The molecule has 4 unspecified atom stereocenters. The van der Waals surface area contributed by atoms with Gasteiger partial charge in [-0.25, -0.2) is 0 Å². The molecule has 45 heavy (non-hydrogen) atoms. The Labute approximate surface area is 287 Å². The van der Waals surface area contributed by atoms with Crippen molar-refractivity contribution < 1.29 is 19.1 Å². The maximum atomic E-state index is 12.0. The van der Waals surface area contributed by atoms with Gasteiger partial charge in [-0.05, 0) is 38.5 Å². The van der Waals surface area contributed by atoms with E-state index in [1.54, 1.807) is 0 Å². The fourth-order valence-corrected chi connectivity index (χ4v) is 8.96. The van der Waals surface area contributed by atoms with E-state index in [-0.39, 0.29) is 11.9 Å². The molecule has 2 aliphatic rings. The van der Waals surface area contributed by atoms with Crippen molar-refractivity contribution in [3.8, 4) is 0 Å². The summed E-state index contributed by atoms with van der Waals surface area (Å²) >= 11 is 4.42. The Morgan fingerprint density at radius 2 is 0.689 bits per heavy atom. The molecule has 0 spiro atoms. The molecule has 4 atom stereocenters. The molecular formula is C39H72O4S2. The average Bonchev–Trinajstić information content (AvgIpc) is 3.96. The smallest absolute Gasteiger partial charge is 0.305 e. The highest BCUT2D eigenvalue weighted by atomic mass is 32.2. The molecule has 0 saturated carbocycles. The van der Waals surface area contributed by atoms with Crippen molar-refractivity contribution in [2.24, 2.45) is 0 Å². The van der Waals surface area contributed by atoms with E-state index in [1.165, 1.54) is 141 Å². The van der Waals surface area contributed by atoms with Crippen LogP contribution in [0.25, 0.3) is 0 Å². The van der Waals surface area contributed by atoms with Gasteiger partial charge >= 0.3 is 11.9 Å². The van der Waals surface area contributed by atoms with E-state index in [1.807, 2.05) is 0 Å². The molecule has 264 valence electrons. The van der Waals surface area contributed by atoms with Crippen LogP contribution in [-0.4, -0.2) is 46.2 Å². The molecule has 0 amide bonds. The van der Waals surface area contributed by atoms with Crippen LogP contribution in [0.2, 0.25) is 0 Å². The van der Waals surface area contributed by atoms with Gasteiger partial charge < -0.3 is 9.47 Å². The first-order valence-electron chi connectivity index (χ1n) is 19.8. The Balaban J connectivity index is 1.23. The van der Waals surface area contributed by atoms with E-state index in [9.17, 15) is 9.59 Å². The van der Waals surface area contributed by atoms with Gasteiger partial charge in [0.1, 0.15) is 0 Å². The lowest BCUT2D eigenvalue weighted by Gasteiger charge is -2.07. The first-order chi connectivity index (χ1) is 22.1. The van der Waals surface area contributed by atoms with Gasteiger partial charge in [0.2, 0.25) is 0 Å². The van der Waals surface area contributed by atoms with E-state index in [2.05, 4.69) is 37.4 Å². The van der Waals surface area contributed by atoms with E-state index < -0.39 is 0 Å². The molecule has 0 N–H and O–H groups in total. The Kier molecular flexibility index (Phi) is 26.0. The van der Waals surface area contributed by atoms with Crippen molar-refractivity contribution in [1.82, 2.24) is 0 Å². The highest BCUT2D eigenvalue weighted by Crippen LogP contribution is 2.48. The maximum Gasteiger partial charge on any atom is 0.305 e. The summed E-state index contributed by atoms with van der Waals surface area (Å²) in [6, 6.07) is 0. The zero-order valence-corrected chi connectivity index (χ0v) is 31.3. The molecule has 0 bridgehead atoms. The minimum Gasteiger partial charge on any atom is -0.466 e. The number of carbonyl (C=O) groups excluding carboxylic acids is 2. The van der Waals surface area contributed by atoms with Crippen LogP contribution in [0.4, 0.5) is 0 Å². The van der Waals surface area contributed by atoms with Gasteiger partial charge in [-0.15, -0.1) is 0 Å². The highest BCUT2D eigenvalue weighted by molar-refractivity contribution is 8.07. The van der Waals surface area contributed by atoms with Crippen LogP contribution in [0, 0.1) is 0 Å². The first-order valence-corrected chi connectivity index (χ1v) is 21.6. The van der Waals surface area contributed by atoms with E-state index >= 15 is 0 Å². The third-order valence-corrected chi connectivity index (χ3v) is 12.6. The summed E-state index contributed by atoms with van der Waals surface area (Å²) in [7, 11) is 0. The first kappa shape index (κ1) is 40.8. The van der Waals surface area contributed by atoms with Gasteiger partial charge in [-0.2, -0.15) is 23.5 Å². The van der Waals surface area contributed by atoms with E-state index in [0.29, 0.717) is 32.5 Å². The van der Waals surface area contributed by atoms with Gasteiger partial charge in [-0.1, -0.05) is 142 Å². The zero-order chi connectivity index (χ0) is 32.2. The highest BCUT2D eigenvalue weighted by Gasteiger charge is 2.37. The van der Waals surface area contributed by atoms with Crippen LogP contribution in [-0.2, 0) is 19.1 Å². The maximum absolute atomic E-state index is 12.0. The number of carbonyl (C=O) groups is 2. The number of hydrogen-bond acceptors (Lipinski definition) is 6. The summed E-state index contributed by atoms with van der Waals surface area (Å²) in [5, 5.41) is 3.79. The lowest BCUT2D eigenvalue weighted by molar-refractivity contribution is -0.146. The standard InChI is InChI=1S/C39H72O4S2/c1-3-5-7-9-13-19-26-34-36(44-34)28-21-15-11-17-23-30-38(40)42-32-25-33-43-39(41)31-24-18-12-16-22-29-37-35(45-37)27-20-14-10-8-6-4-2/h34-37H,3-33H2,1-2H3. The predicted molar refractivity (Wildman–Crippen MR) is 197 cm³/mol. The Hall–Kier alpha value is -0.360. The second-order valence-electron chi connectivity index (χ2n) is 13.9. The lowest BCUT2D eigenvalue weighted by atomic mass is 10.0. The van der Waals surface area contributed by atoms with Gasteiger partial charge in [0.25, 0.3) is 0 Å². The molecule has 0 radical (unpaired) electrons. The monoisotopic (exact) mass is 668 g/mol. The Morgan fingerprint density at radius 3 is 1.02 bits per heavy atom. The van der Waals surface area contributed by atoms with Crippen molar-refractivity contribution in [2.45, 2.75) is 221 Å². The molecule has 2 aliphatic heterocycles. The SMILES string of the molecule is CCCCCCCCC1SC1CCCCCCCC(=O)OCCCOC(=O)CCCCCCCC1SC1CCCCCCCC. The third kappa shape index (κ3) is 24.4. The van der Waals surface area contributed by atoms with Crippen LogP contribution >= 0.6 is 23.5 Å². The molecule has 2 heterocycles. The summed E-state index contributed by atoms with van der Waals surface area (Å²) in [5.74, 6) is -0.219. The summed E-state index contributed by atoms with van der Waals surface area (Å²) in [5.41, 5.74) is 0. The normalized spacial score (nSPS) is 20.3. The topological polar surface area (TPSA) is 52.6 Å². The van der Waals surface area contributed by atoms with Crippen LogP contribution in [0.15, 0.2) is 0 Å². The molecule has 2 rings (SSSR count). The van der Waals surface area contributed by atoms with Gasteiger partial charge in [0, 0.05) is 40.3 Å². The quantitative estimate of drug-likeness (QED) is 0.0386. The van der Waals surface area contributed by atoms with Crippen LogP contribution < -0.4 is 0 Å². The van der Waals surface area contributed by atoms with Gasteiger partial charge in [0.05, 0.1) is 13.2 Å². The summed E-state index contributed by atoms with van der Waals surface area (Å²) in [4.78, 5) is 24.0. The van der Waals surface area contributed by atoms with Crippen molar-refractivity contribution in [1.29, 1.82) is 0 Å². The van der Waals surface area contributed by atoms with Crippen LogP contribution in [0.1, 0.15) is 200 Å². The van der Waals surface area contributed by atoms with Crippen molar-refractivity contribution in [2.75, 3.05) is 13.2 Å². The summed E-state index contributed by atoms with van der Waals surface area (Å²) in [6.45, 7) is 5.27. The van der Waals surface area contributed by atoms with Crippen molar-refractivity contribution in [3.05, 3.63) is 0 Å². The summed E-state index contributed by atoms with van der Waals surface area (Å²) in [6.07, 6.45) is 36.0. The van der Waals surface area contributed by atoms with Crippen molar-refractivity contribution >= 4 is 35.5 Å². The lowest BCUT2D eigenvalue weighted by Crippen LogP contribution is -2.10. The molecule has 2 saturated heterocycles. The number of hydrogen-bond donors (Lipinski definition) is 0. The second-order valence-corrected chi connectivity index (χ2v) is 16.9.